The number of hydrogen-bond acceptors (Lipinski definition) is 2. The second-order valence-corrected chi connectivity index (χ2v) is 3.82. The number of unbranched alkanes of at least 4 members (excludes halogenated alkanes) is 1. The maximum Gasteiger partial charge on any atom is 0.339 e. The number of benzene rings is 1. The molecule has 0 spiro atoms. The average molecular weight is 257 g/mol. The summed E-state index contributed by atoms with van der Waals surface area (Å²) in [7, 11) is 0. The first-order chi connectivity index (χ1) is 6.75. The highest BCUT2D eigenvalue weighted by molar-refractivity contribution is 9.10. The van der Waals surface area contributed by atoms with Crippen LogP contribution in [-0.2, 0) is 4.74 Å². The Labute approximate surface area is 92.4 Å². The van der Waals surface area contributed by atoms with E-state index in [2.05, 4.69) is 22.9 Å². The summed E-state index contributed by atoms with van der Waals surface area (Å²) in [5, 5.41) is 0. The first-order valence-corrected chi connectivity index (χ1v) is 5.46. The van der Waals surface area contributed by atoms with E-state index in [-0.39, 0.29) is 5.97 Å². The maximum atomic E-state index is 11.5. The van der Waals surface area contributed by atoms with Gasteiger partial charge in [-0.1, -0.05) is 25.5 Å². The summed E-state index contributed by atoms with van der Waals surface area (Å²) in [5.74, 6) is -0.258. The van der Waals surface area contributed by atoms with Gasteiger partial charge in [0.25, 0.3) is 0 Å². The fourth-order valence-corrected chi connectivity index (χ4v) is 1.46. The first kappa shape index (κ1) is 11.2. The molecule has 0 aliphatic carbocycles. The lowest BCUT2D eigenvalue weighted by atomic mass is 10.2. The quantitative estimate of drug-likeness (QED) is 0.610. The summed E-state index contributed by atoms with van der Waals surface area (Å²) < 4.78 is 5.86. The topological polar surface area (TPSA) is 26.3 Å². The summed E-state index contributed by atoms with van der Waals surface area (Å²) in [6.45, 7) is 2.56. The van der Waals surface area contributed by atoms with Crippen LogP contribution in [0.5, 0.6) is 0 Å². The number of ether oxygens (including phenoxy) is 1. The van der Waals surface area contributed by atoms with E-state index in [0.717, 1.165) is 17.3 Å². The SMILES string of the molecule is CCCCOC(=O)c1ccccc1Br. The lowest BCUT2D eigenvalue weighted by Crippen LogP contribution is -2.06. The van der Waals surface area contributed by atoms with E-state index < -0.39 is 0 Å². The zero-order valence-electron chi connectivity index (χ0n) is 8.13. The van der Waals surface area contributed by atoms with E-state index in [0.29, 0.717) is 12.2 Å². The van der Waals surface area contributed by atoms with Crippen molar-refractivity contribution < 1.29 is 9.53 Å². The van der Waals surface area contributed by atoms with Gasteiger partial charge in [-0.25, -0.2) is 4.79 Å². The summed E-state index contributed by atoms with van der Waals surface area (Å²) in [6.07, 6.45) is 1.94. The van der Waals surface area contributed by atoms with Gasteiger partial charge >= 0.3 is 5.97 Å². The molecule has 0 aliphatic heterocycles. The van der Waals surface area contributed by atoms with Crippen LogP contribution in [0.2, 0.25) is 0 Å². The molecule has 0 atom stereocenters. The predicted octanol–water partition coefficient (Wildman–Crippen LogP) is 3.41. The molecule has 0 saturated heterocycles. The Morgan fingerprint density at radius 1 is 1.43 bits per heavy atom. The minimum atomic E-state index is -0.258. The van der Waals surface area contributed by atoms with Crippen LogP contribution in [0.3, 0.4) is 0 Å². The van der Waals surface area contributed by atoms with Crippen LogP contribution in [0.4, 0.5) is 0 Å². The van der Waals surface area contributed by atoms with Crippen LogP contribution in [0, 0.1) is 0 Å². The molecule has 2 nitrogen and oxygen atoms in total. The second-order valence-electron chi connectivity index (χ2n) is 2.97. The van der Waals surface area contributed by atoms with E-state index in [1.165, 1.54) is 0 Å². The lowest BCUT2D eigenvalue weighted by molar-refractivity contribution is 0.0498. The van der Waals surface area contributed by atoms with E-state index in [9.17, 15) is 4.79 Å². The minimum Gasteiger partial charge on any atom is -0.462 e. The molecule has 0 unspecified atom stereocenters. The predicted molar refractivity (Wildman–Crippen MR) is 59.3 cm³/mol. The van der Waals surface area contributed by atoms with Gasteiger partial charge in [-0.15, -0.1) is 0 Å². The van der Waals surface area contributed by atoms with Gasteiger partial charge in [0, 0.05) is 4.47 Å². The van der Waals surface area contributed by atoms with Crippen molar-refractivity contribution in [3.05, 3.63) is 34.3 Å². The van der Waals surface area contributed by atoms with Gasteiger partial charge in [0.05, 0.1) is 12.2 Å². The molecular weight excluding hydrogens is 244 g/mol. The second kappa shape index (κ2) is 5.81. The van der Waals surface area contributed by atoms with Gasteiger partial charge < -0.3 is 4.74 Å². The summed E-state index contributed by atoms with van der Waals surface area (Å²) in [4.78, 5) is 11.5. The molecule has 0 radical (unpaired) electrons. The number of rotatable bonds is 4. The van der Waals surface area contributed by atoms with Gasteiger partial charge in [-0.3, -0.25) is 0 Å². The van der Waals surface area contributed by atoms with E-state index >= 15 is 0 Å². The number of carbonyl (C=O) groups excluding carboxylic acids is 1. The maximum absolute atomic E-state index is 11.5. The molecule has 1 aromatic rings. The highest BCUT2D eigenvalue weighted by atomic mass is 79.9. The smallest absolute Gasteiger partial charge is 0.339 e. The Hall–Kier alpha value is -0.830. The summed E-state index contributed by atoms with van der Waals surface area (Å²) >= 11 is 3.31. The van der Waals surface area contributed by atoms with Crippen LogP contribution >= 0.6 is 15.9 Å². The Morgan fingerprint density at radius 2 is 2.14 bits per heavy atom. The van der Waals surface area contributed by atoms with Gasteiger partial charge in [-0.2, -0.15) is 0 Å². The molecule has 1 rings (SSSR count). The molecule has 0 amide bonds. The fraction of sp³-hybridized carbons (Fsp3) is 0.364. The van der Waals surface area contributed by atoms with Crippen molar-refractivity contribution in [1.29, 1.82) is 0 Å². The molecule has 0 N–H and O–H groups in total. The molecular formula is C11H13BrO2. The highest BCUT2D eigenvalue weighted by Crippen LogP contribution is 2.16. The zero-order chi connectivity index (χ0) is 10.4. The third-order valence-electron chi connectivity index (χ3n) is 1.82. The monoisotopic (exact) mass is 256 g/mol. The number of halogens is 1. The molecule has 0 fully saturated rings. The molecule has 3 heteroatoms. The Kier molecular flexibility index (Phi) is 4.66. The van der Waals surface area contributed by atoms with E-state index in [4.69, 9.17) is 4.74 Å². The third-order valence-corrected chi connectivity index (χ3v) is 2.52. The summed E-state index contributed by atoms with van der Waals surface area (Å²) in [6, 6.07) is 7.27. The van der Waals surface area contributed by atoms with Crippen LogP contribution < -0.4 is 0 Å². The molecule has 1 aromatic carbocycles. The standard InChI is InChI=1S/C11H13BrO2/c1-2-3-8-14-11(13)9-6-4-5-7-10(9)12/h4-7H,2-3,8H2,1H3. The van der Waals surface area contributed by atoms with E-state index in [1.807, 2.05) is 18.2 Å². The fourth-order valence-electron chi connectivity index (χ4n) is 1.01. The molecule has 76 valence electrons. The van der Waals surface area contributed by atoms with Gasteiger partial charge in [-0.05, 0) is 34.5 Å². The largest absolute Gasteiger partial charge is 0.462 e. The normalized spacial score (nSPS) is 9.86. The molecule has 0 bridgehead atoms. The van der Waals surface area contributed by atoms with Crippen molar-refractivity contribution >= 4 is 21.9 Å². The van der Waals surface area contributed by atoms with Crippen molar-refractivity contribution in [1.82, 2.24) is 0 Å². The van der Waals surface area contributed by atoms with Gasteiger partial charge in [0.2, 0.25) is 0 Å². The van der Waals surface area contributed by atoms with Crippen LogP contribution in [0.15, 0.2) is 28.7 Å². The molecule has 0 heterocycles. The van der Waals surface area contributed by atoms with Crippen molar-refractivity contribution in [2.75, 3.05) is 6.61 Å². The highest BCUT2D eigenvalue weighted by Gasteiger charge is 2.09. The third kappa shape index (κ3) is 3.14. The van der Waals surface area contributed by atoms with Crippen molar-refractivity contribution in [3.63, 3.8) is 0 Å². The Bertz CT molecular complexity index is 310. The first-order valence-electron chi connectivity index (χ1n) is 4.67. The Morgan fingerprint density at radius 3 is 2.79 bits per heavy atom. The number of esters is 1. The average Bonchev–Trinajstić information content (AvgIpc) is 2.18. The van der Waals surface area contributed by atoms with Crippen LogP contribution in [0.25, 0.3) is 0 Å². The van der Waals surface area contributed by atoms with Crippen LogP contribution in [-0.4, -0.2) is 12.6 Å². The minimum absolute atomic E-state index is 0.258. The van der Waals surface area contributed by atoms with E-state index in [1.54, 1.807) is 6.07 Å². The summed E-state index contributed by atoms with van der Waals surface area (Å²) in [5.41, 5.74) is 0.587. The molecule has 0 aromatic heterocycles. The Balaban J connectivity index is 2.56. The molecule has 14 heavy (non-hydrogen) atoms. The molecule has 0 saturated carbocycles. The van der Waals surface area contributed by atoms with Gasteiger partial charge in [0.15, 0.2) is 0 Å². The number of carbonyl (C=O) groups is 1. The van der Waals surface area contributed by atoms with Crippen molar-refractivity contribution in [2.45, 2.75) is 19.8 Å². The van der Waals surface area contributed by atoms with Crippen molar-refractivity contribution in [2.24, 2.45) is 0 Å². The number of hydrogen-bond donors (Lipinski definition) is 0. The van der Waals surface area contributed by atoms with Crippen LogP contribution in [0.1, 0.15) is 30.1 Å². The lowest BCUT2D eigenvalue weighted by Gasteiger charge is -2.04. The van der Waals surface area contributed by atoms with Crippen molar-refractivity contribution in [3.8, 4) is 0 Å². The molecule has 0 aliphatic rings. The van der Waals surface area contributed by atoms with Gasteiger partial charge in [0.1, 0.15) is 0 Å². The zero-order valence-corrected chi connectivity index (χ0v) is 9.71.